The molecule has 0 aliphatic carbocycles. The number of hydrogen-bond donors (Lipinski definition) is 1. The number of rotatable bonds is 6. The maximum Gasteiger partial charge on any atom is 0.154 e. The minimum atomic E-state index is -0.566. The van der Waals surface area contributed by atoms with Crippen molar-refractivity contribution in [3.05, 3.63) is 0 Å². The first kappa shape index (κ1) is 11.9. The normalized spacial score (nSPS) is 14.2. The van der Waals surface area contributed by atoms with Gasteiger partial charge in [0.2, 0.25) is 0 Å². The molecule has 2 heteroatoms. The molecular weight excluding hydrogens is 152 g/mol. The molecule has 0 aromatic heterocycles. The summed E-state index contributed by atoms with van der Waals surface area (Å²) in [6.07, 6.45) is 1.19. The van der Waals surface area contributed by atoms with E-state index in [-0.39, 0.29) is 0 Å². The predicted molar refractivity (Wildman–Crippen MR) is 50.9 cm³/mol. The van der Waals surface area contributed by atoms with Crippen LogP contribution < -0.4 is 0 Å². The Hall–Kier alpha value is -0.0800. The molecule has 0 amide bonds. The predicted octanol–water partition coefficient (Wildman–Crippen LogP) is 2.41. The van der Waals surface area contributed by atoms with Crippen LogP contribution in [0.1, 0.15) is 40.5 Å². The van der Waals surface area contributed by atoms with Gasteiger partial charge in [-0.3, -0.25) is 0 Å². The summed E-state index contributed by atoms with van der Waals surface area (Å²) < 4.78 is 5.22. The van der Waals surface area contributed by atoms with Gasteiger partial charge >= 0.3 is 0 Å². The number of aliphatic hydroxyl groups is 1. The average molecular weight is 174 g/mol. The molecule has 12 heavy (non-hydrogen) atoms. The molecule has 2 nitrogen and oxygen atoms in total. The van der Waals surface area contributed by atoms with Gasteiger partial charge in [0.1, 0.15) is 0 Å². The van der Waals surface area contributed by atoms with Crippen molar-refractivity contribution in [2.45, 2.75) is 46.8 Å². The summed E-state index contributed by atoms with van der Waals surface area (Å²) in [7, 11) is 0. The molecule has 0 rings (SSSR count). The SMILES string of the molecule is CC(C)CCOC(O)CC(C)C. The van der Waals surface area contributed by atoms with E-state index < -0.39 is 6.29 Å². The highest BCUT2D eigenvalue weighted by Gasteiger charge is 2.06. The van der Waals surface area contributed by atoms with E-state index in [4.69, 9.17) is 4.74 Å². The quantitative estimate of drug-likeness (QED) is 0.627. The fourth-order valence-electron chi connectivity index (χ4n) is 0.911. The van der Waals surface area contributed by atoms with E-state index in [9.17, 15) is 5.11 Å². The van der Waals surface area contributed by atoms with Crippen LogP contribution in [0.3, 0.4) is 0 Å². The third-order valence-electron chi connectivity index (χ3n) is 1.68. The Morgan fingerprint density at radius 3 is 2.08 bits per heavy atom. The van der Waals surface area contributed by atoms with Gasteiger partial charge in [0.15, 0.2) is 6.29 Å². The van der Waals surface area contributed by atoms with Crippen molar-refractivity contribution in [1.29, 1.82) is 0 Å². The molecule has 0 aliphatic rings. The van der Waals surface area contributed by atoms with Crippen LogP contribution in [0.2, 0.25) is 0 Å². The zero-order valence-electron chi connectivity index (χ0n) is 8.71. The highest BCUT2D eigenvalue weighted by atomic mass is 16.6. The van der Waals surface area contributed by atoms with Crippen LogP contribution in [-0.2, 0) is 4.74 Å². The highest BCUT2D eigenvalue weighted by Crippen LogP contribution is 2.07. The first-order chi connectivity index (χ1) is 5.52. The van der Waals surface area contributed by atoms with Gasteiger partial charge in [-0.2, -0.15) is 0 Å². The van der Waals surface area contributed by atoms with Crippen LogP contribution in [0.25, 0.3) is 0 Å². The molecular formula is C10H22O2. The molecule has 74 valence electrons. The largest absolute Gasteiger partial charge is 0.368 e. The van der Waals surface area contributed by atoms with E-state index in [0.29, 0.717) is 18.4 Å². The third-order valence-corrected chi connectivity index (χ3v) is 1.68. The second kappa shape index (κ2) is 6.44. The van der Waals surface area contributed by atoms with Gasteiger partial charge < -0.3 is 9.84 Å². The molecule has 0 aliphatic heterocycles. The summed E-state index contributed by atoms with van der Waals surface area (Å²) in [5.74, 6) is 1.15. The van der Waals surface area contributed by atoms with E-state index in [1.54, 1.807) is 0 Å². The molecule has 0 aromatic rings. The summed E-state index contributed by atoms with van der Waals surface area (Å²) in [4.78, 5) is 0. The number of aliphatic hydroxyl groups excluding tert-OH is 1. The molecule has 0 spiro atoms. The molecule has 0 radical (unpaired) electrons. The lowest BCUT2D eigenvalue weighted by atomic mass is 10.1. The van der Waals surface area contributed by atoms with Gasteiger partial charge in [-0.25, -0.2) is 0 Å². The lowest BCUT2D eigenvalue weighted by Gasteiger charge is -2.14. The topological polar surface area (TPSA) is 29.5 Å². The zero-order chi connectivity index (χ0) is 9.56. The first-order valence-electron chi connectivity index (χ1n) is 4.82. The van der Waals surface area contributed by atoms with Gasteiger partial charge in [0.25, 0.3) is 0 Å². The Morgan fingerprint density at radius 2 is 1.67 bits per heavy atom. The molecule has 0 saturated heterocycles. The fraction of sp³-hybridized carbons (Fsp3) is 1.00. The lowest BCUT2D eigenvalue weighted by Crippen LogP contribution is -2.16. The van der Waals surface area contributed by atoms with Gasteiger partial charge in [-0.1, -0.05) is 27.7 Å². The standard InChI is InChI=1S/C10H22O2/c1-8(2)5-6-12-10(11)7-9(3)4/h8-11H,5-7H2,1-4H3. The van der Waals surface area contributed by atoms with Crippen LogP contribution in [0.15, 0.2) is 0 Å². The van der Waals surface area contributed by atoms with Crippen molar-refractivity contribution < 1.29 is 9.84 Å². The summed E-state index contributed by atoms with van der Waals surface area (Å²) in [6, 6.07) is 0. The molecule has 0 saturated carbocycles. The molecule has 0 bridgehead atoms. The Kier molecular flexibility index (Phi) is 6.39. The minimum absolute atomic E-state index is 0.499. The van der Waals surface area contributed by atoms with Crippen molar-refractivity contribution in [2.24, 2.45) is 11.8 Å². The summed E-state index contributed by atoms with van der Waals surface area (Å²) in [6.45, 7) is 9.13. The maximum absolute atomic E-state index is 9.31. The van der Waals surface area contributed by atoms with Crippen molar-refractivity contribution in [3.63, 3.8) is 0 Å². The fourth-order valence-corrected chi connectivity index (χ4v) is 0.911. The molecule has 0 heterocycles. The van der Waals surface area contributed by atoms with Crippen LogP contribution in [0.5, 0.6) is 0 Å². The van der Waals surface area contributed by atoms with E-state index in [2.05, 4.69) is 27.7 Å². The molecule has 0 fully saturated rings. The average Bonchev–Trinajstić information content (AvgIpc) is 1.84. The van der Waals surface area contributed by atoms with E-state index in [0.717, 1.165) is 12.8 Å². The van der Waals surface area contributed by atoms with Gasteiger partial charge in [-0.15, -0.1) is 0 Å². The Morgan fingerprint density at radius 1 is 1.08 bits per heavy atom. The van der Waals surface area contributed by atoms with Crippen molar-refractivity contribution in [2.75, 3.05) is 6.61 Å². The Balaban J connectivity index is 3.25. The molecule has 1 atom stereocenters. The molecule has 1 N–H and O–H groups in total. The first-order valence-corrected chi connectivity index (χ1v) is 4.82. The van der Waals surface area contributed by atoms with Crippen LogP contribution in [0, 0.1) is 11.8 Å². The van der Waals surface area contributed by atoms with E-state index in [1.165, 1.54) is 0 Å². The van der Waals surface area contributed by atoms with Crippen molar-refractivity contribution in [3.8, 4) is 0 Å². The summed E-state index contributed by atoms with van der Waals surface area (Å²) >= 11 is 0. The van der Waals surface area contributed by atoms with Crippen LogP contribution in [-0.4, -0.2) is 18.0 Å². The lowest BCUT2D eigenvalue weighted by molar-refractivity contribution is -0.111. The van der Waals surface area contributed by atoms with E-state index in [1.807, 2.05) is 0 Å². The monoisotopic (exact) mass is 174 g/mol. The van der Waals surface area contributed by atoms with Gasteiger partial charge in [-0.05, 0) is 18.3 Å². The smallest absolute Gasteiger partial charge is 0.154 e. The third kappa shape index (κ3) is 8.02. The second-order valence-electron chi connectivity index (χ2n) is 4.14. The Labute approximate surface area is 75.9 Å². The van der Waals surface area contributed by atoms with Crippen molar-refractivity contribution >= 4 is 0 Å². The van der Waals surface area contributed by atoms with Crippen LogP contribution >= 0.6 is 0 Å². The minimum Gasteiger partial charge on any atom is -0.368 e. The van der Waals surface area contributed by atoms with Gasteiger partial charge in [0, 0.05) is 13.0 Å². The molecule has 0 aromatic carbocycles. The number of hydrogen-bond acceptors (Lipinski definition) is 2. The van der Waals surface area contributed by atoms with Crippen LogP contribution in [0.4, 0.5) is 0 Å². The summed E-state index contributed by atoms with van der Waals surface area (Å²) in [5, 5.41) is 9.31. The second-order valence-corrected chi connectivity index (χ2v) is 4.14. The highest BCUT2D eigenvalue weighted by molar-refractivity contribution is 4.49. The van der Waals surface area contributed by atoms with Gasteiger partial charge in [0.05, 0.1) is 0 Å². The number of ether oxygens (including phenoxy) is 1. The summed E-state index contributed by atoms with van der Waals surface area (Å²) in [5.41, 5.74) is 0. The Bertz CT molecular complexity index is 100. The van der Waals surface area contributed by atoms with Crippen molar-refractivity contribution in [1.82, 2.24) is 0 Å². The molecule has 1 unspecified atom stereocenters. The van der Waals surface area contributed by atoms with E-state index >= 15 is 0 Å². The zero-order valence-corrected chi connectivity index (χ0v) is 8.71. The maximum atomic E-state index is 9.31.